The maximum atomic E-state index is 13.0. The molecule has 0 heterocycles. The number of rotatable bonds is 7. The van der Waals surface area contributed by atoms with Gasteiger partial charge in [0.1, 0.15) is 17.4 Å². The molecule has 0 aliphatic heterocycles. The van der Waals surface area contributed by atoms with E-state index in [9.17, 15) is 14.7 Å². The molecule has 7 nitrogen and oxygen atoms in total. The SMILES string of the molecule is CC(C)(C)OC(=O)C(Cc1ccc(O)cc1)NC1CCc2cc(/C=C/C(=O)NO)ccc21. The number of phenols is 1. The molecule has 0 saturated carbocycles. The van der Waals surface area contributed by atoms with Crippen LogP contribution in [0.15, 0.2) is 48.5 Å². The third kappa shape index (κ3) is 6.42. The molecule has 1 amide bonds. The first kappa shape index (κ1) is 23.5. The van der Waals surface area contributed by atoms with Crippen LogP contribution >= 0.6 is 0 Å². The number of hydrogen-bond acceptors (Lipinski definition) is 6. The summed E-state index contributed by atoms with van der Waals surface area (Å²) in [5, 5.41) is 21.6. The number of fused-ring (bicyclic) bond motifs is 1. The van der Waals surface area contributed by atoms with Crippen LogP contribution in [0.4, 0.5) is 0 Å². The fourth-order valence-corrected chi connectivity index (χ4v) is 3.82. The maximum Gasteiger partial charge on any atom is 0.324 e. The number of aryl methyl sites for hydroxylation is 1. The zero-order valence-electron chi connectivity index (χ0n) is 18.6. The molecule has 7 heteroatoms. The number of phenolic OH excluding ortho intramolecular Hbond substituents is 1. The minimum Gasteiger partial charge on any atom is -0.508 e. The lowest BCUT2D eigenvalue weighted by Gasteiger charge is -2.27. The molecule has 0 aromatic heterocycles. The molecule has 2 atom stereocenters. The van der Waals surface area contributed by atoms with E-state index in [0.717, 1.165) is 35.1 Å². The lowest BCUT2D eigenvalue weighted by Crippen LogP contribution is -2.44. The highest BCUT2D eigenvalue weighted by Gasteiger charge is 2.31. The Bertz CT molecular complexity index is 992. The van der Waals surface area contributed by atoms with Gasteiger partial charge in [0, 0.05) is 12.1 Å². The summed E-state index contributed by atoms with van der Waals surface area (Å²) in [5.41, 5.74) is 5.03. The third-order valence-electron chi connectivity index (χ3n) is 5.25. The minimum atomic E-state index is -0.596. The first-order valence-corrected chi connectivity index (χ1v) is 10.7. The summed E-state index contributed by atoms with van der Waals surface area (Å²) >= 11 is 0. The number of esters is 1. The lowest BCUT2D eigenvalue weighted by molar-refractivity contribution is -0.157. The average Bonchev–Trinajstić information content (AvgIpc) is 3.13. The standard InChI is InChI=1S/C25H30N2O5/c1-25(2,3)32-24(30)22(15-17-4-9-19(28)10-5-17)26-21-12-8-18-14-16(6-11-20(18)21)7-13-23(29)27-31/h4-7,9-11,13-14,21-22,26,28,31H,8,12,15H2,1-3H3,(H,27,29)/b13-7+. The summed E-state index contributed by atoms with van der Waals surface area (Å²) in [4.78, 5) is 24.2. The first-order chi connectivity index (χ1) is 15.1. The Morgan fingerprint density at radius 3 is 2.56 bits per heavy atom. The zero-order valence-corrected chi connectivity index (χ0v) is 18.6. The van der Waals surface area contributed by atoms with E-state index < -0.39 is 17.6 Å². The van der Waals surface area contributed by atoms with Crippen molar-refractivity contribution in [3.05, 3.63) is 70.8 Å². The van der Waals surface area contributed by atoms with Crippen molar-refractivity contribution in [3.8, 4) is 5.75 Å². The number of nitrogens with one attached hydrogen (secondary N) is 2. The second-order valence-electron chi connectivity index (χ2n) is 8.98. The molecule has 2 unspecified atom stereocenters. The van der Waals surface area contributed by atoms with E-state index >= 15 is 0 Å². The molecule has 0 bridgehead atoms. The largest absolute Gasteiger partial charge is 0.508 e. The molecule has 3 rings (SSSR count). The Morgan fingerprint density at radius 1 is 1.19 bits per heavy atom. The quantitative estimate of drug-likeness (QED) is 0.228. The van der Waals surface area contributed by atoms with Gasteiger partial charge in [0.2, 0.25) is 0 Å². The Morgan fingerprint density at radius 2 is 1.91 bits per heavy atom. The number of benzene rings is 2. The van der Waals surface area contributed by atoms with Gasteiger partial charge >= 0.3 is 5.97 Å². The highest BCUT2D eigenvalue weighted by molar-refractivity contribution is 5.90. The van der Waals surface area contributed by atoms with E-state index in [4.69, 9.17) is 9.94 Å². The molecule has 1 aliphatic rings. The Hall–Kier alpha value is -3.16. The van der Waals surface area contributed by atoms with Crippen molar-refractivity contribution >= 4 is 18.0 Å². The molecule has 2 aromatic rings. The highest BCUT2D eigenvalue weighted by Crippen LogP contribution is 2.33. The molecule has 0 fully saturated rings. The van der Waals surface area contributed by atoms with Crippen LogP contribution in [0.1, 0.15) is 55.5 Å². The molecule has 32 heavy (non-hydrogen) atoms. The van der Waals surface area contributed by atoms with Crippen LogP contribution in [0.2, 0.25) is 0 Å². The first-order valence-electron chi connectivity index (χ1n) is 10.7. The molecule has 0 radical (unpaired) electrons. The van der Waals surface area contributed by atoms with Gasteiger partial charge in [-0.1, -0.05) is 30.3 Å². The summed E-state index contributed by atoms with van der Waals surface area (Å²) < 4.78 is 5.66. The average molecular weight is 439 g/mol. The molecule has 0 saturated heterocycles. The molecule has 4 N–H and O–H groups in total. The van der Waals surface area contributed by atoms with Crippen molar-refractivity contribution in [2.75, 3.05) is 0 Å². The summed E-state index contributed by atoms with van der Waals surface area (Å²) in [7, 11) is 0. The molecule has 170 valence electrons. The van der Waals surface area contributed by atoms with E-state index in [2.05, 4.69) is 5.32 Å². The van der Waals surface area contributed by atoms with Crippen LogP contribution < -0.4 is 10.8 Å². The monoisotopic (exact) mass is 438 g/mol. The fourth-order valence-electron chi connectivity index (χ4n) is 3.82. The predicted octanol–water partition coefficient (Wildman–Crippen LogP) is 3.44. The van der Waals surface area contributed by atoms with Gasteiger partial charge in [-0.2, -0.15) is 0 Å². The number of amides is 1. The van der Waals surface area contributed by atoms with Crippen LogP contribution in [0.25, 0.3) is 6.08 Å². The number of hydroxylamine groups is 1. The molecule has 0 spiro atoms. The summed E-state index contributed by atoms with van der Waals surface area (Å²) in [6.45, 7) is 5.54. The van der Waals surface area contributed by atoms with E-state index in [1.54, 1.807) is 35.8 Å². The summed E-state index contributed by atoms with van der Waals surface area (Å²) in [5.74, 6) is -0.713. The lowest BCUT2D eigenvalue weighted by atomic mass is 10.0. The van der Waals surface area contributed by atoms with E-state index in [1.807, 2.05) is 39.0 Å². The number of carbonyl (C=O) groups is 2. The van der Waals surface area contributed by atoms with Gasteiger partial charge in [-0.3, -0.25) is 20.1 Å². The Balaban J connectivity index is 1.78. The van der Waals surface area contributed by atoms with Gasteiger partial charge in [0.05, 0.1) is 0 Å². The van der Waals surface area contributed by atoms with E-state index in [0.29, 0.717) is 6.42 Å². The molecule has 1 aliphatic carbocycles. The highest BCUT2D eigenvalue weighted by atomic mass is 16.6. The van der Waals surface area contributed by atoms with Crippen LogP contribution in [0.3, 0.4) is 0 Å². The normalized spacial score (nSPS) is 16.6. The summed E-state index contributed by atoms with van der Waals surface area (Å²) in [6, 6.07) is 12.2. The van der Waals surface area contributed by atoms with Crippen molar-refractivity contribution in [1.82, 2.24) is 10.8 Å². The van der Waals surface area contributed by atoms with Gasteiger partial charge < -0.3 is 9.84 Å². The van der Waals surface area contributed by atoms with Crippen molar-refractivity contribution in [1.29, 1.82) is 0 Å². The second kappa shape index (κ2) is 9.97. The summed E-state index contributed by atoms with van der Waals surface area (Å²) in [6.07, 6.45) is 5.04. The van der Waals surface area contributed by atoms with Gasteiger partial charge in [-0.05, 0) is 80.5 Å². The van der Waals surface area contributed by atoms with Gasteiger partial charge in [-0.25, -0.2) is 5.48 Å². The predicted molar refractivity (Wildman–Crippen MR) is 121 cm³/mol. The smallest absolute Gasteiger partial charge is 0.324 e. The number of ether oxygens (including phenoxy) is 1. The Kier molecular flexibility index (Phi) is 7.33. The minimum absolute atomic E-state index is 0.00148. The topological polar surface area (TPSA) is 108 Å². The van der Waals surface area contributed by atoms with Crippen LogP contribution in [-0.4, -0.2) is 33.8 Å². The van der Waals surface area contributed by atoms with Crippen molar-refractivity contribution in [3.63, 3.8) is 0 Å². The van der Waals surface area contributed by atoms with Crippen molar-refractivity contribution in [2.24, 2.45) is 0 Å². The van der Waals surface area contributed by atoms with E-state index in [1.165, 1.54) is 6.08 Å². The maximum absolute atomic E-state index is 13.0. The number of aromatic hydroxyl groups is 1. The van der Waals surface area contributed by atoms with Crippen LogP contribution in [0.5, 0.6) is 5.75 Å². The Labute approximate surface area is 188 Å². The van der Waals surface area contributed by atoms with Crippen LogP contribution in [0, 0.1) is 0 Å². The molecule has 2 aromatic carbocycles. The number of hydrogen-bond donors (Lipinski definition) is 4. The van der Waals surface area contributed by atoms with Gasteiger partial charge in [0.15, 0.2) is 0 Å². The molecular formula is C25H30N2O5. The van der Waals surface area contributed by atoms with Crippen molar-refractivity contribution in [2.45, 2.75) is 57.7 Å². The van der Waals surface area contributed by atoms with Gasteiger partial charge in [0.25, 0.3) is 5.91 Å². The number of carbonyl (C=O) groups excluding carboxylic acids is 2. The second-order valence-corrected chi connectivity index (χ2v) is 8.98. The zero-order chi connectivity index (χ0) is 23.3. The van der Waals surface area contributed by atoms with Crippen molar-refractivity contribution < 1.29 is 24.6 Å². The van der Waals surface area contributed by atoms with Gasteiger partial charge in [-0.15, -0.1) is 0 Å². The van der Waals surface area contributed by atoms with Crippen LogP contribution in [-0.2, 0) is 27.2 Å². The van der Waals surface area contributed by atoms with E-state index in [-0.39, 0.29) is 17.8 Å². The third-order valence-corrected chi connectivity index (χ3v) is 5.25. The fraction of sp³-hybridized carbons (Fsp3) is 0.360. The molecular weight excluding hydrogens is 408 g/mol.